The SMILES string of the molecule is COCC(CBr)NC(=O)c1cn[nH]n1. The van der Waals surface area contributed by atoms with E-state index in [1.807, 2.05) is 0 Å². The van der Waals surface area contributed by atoms with E-state index in [1.165, 1.54) is 6.20 Å². The highest BCUT2D eigenvalue weighted by atomic mass is 79.9. The number of amides is 1. The summed E-state index contributed by atoms with van der Waals surface area (Å²) in [5.74, 6) is -0.264. The summed E-state index contributed by atoms with van der Waals surface area (Å²) in [4.78, 5) is 11.4. The van der Waals surface area contributed by atoms with E-state index in [-0.39, 0.29) is 17.6 Å². The molecule has 14 heavy (non-hydrogen) atoms. The zero-order valence-electron chi connectivity index (χ0n) is 7.66. The third-order valence-corrected chi connectivity index (χ3v) is 2.32. The van der Waals surface area contributed by atoms with Crippen molar-refractivity contribution in [2.45, 2.75) is 6.04 Å². The van der Waals surface area contributed by atoms with Gasteiger partial charge in [0.15, 0.2) is 5.69 Å². The van der Waals surface area contributed by atoms with Gasteiger partial charge in [0, 0.05) is 12.4 Å². The summed E-state index contributed by atoms with van der Waals surface area (Å²) < 4.78 is 4.92. The summed E-state index contributed by atoms with van der Waals surface area (Å²) in [6, 6.07) is -0.0656. The number of aromatic nitrogens is 3. The molecule has 6 nitrogen and oxygen atoms in total. The smallest absolute Gasteiger partial charge is 0.273 e. The van der Waals surface area contributed by atoms with Gasteiger partial charge in [0.1, 0.15) is 0 Å². The number of hydrogen-bond acceptors (Lipinski definition) is 4. The Morgan fingerprint density at radius 1 is 1.86 bits per heavy atom. The average molecular weight is 263 g/mol. The van der Waals surface area contributed by atoms with E-state index in [0.717, 1.165) is 0 Å². The van der Waals surface area contributed by atoms with Crippen molar-refractivity contribution in [3.05, 3.63) is 11.9 Å². The average Bonchev–Trinajstić information content (AvgIpc) is 2.69. The summed E-state index contributed by atoms with van der Waals surface area (Å²) in [6.07, 6.45) is 1.37. The van der Waals surface area contributed by atoms with Crippen LogP contribution in [0.2, 0.25) is 0 Å². The summed E-state index contributed by atoms with van der Waals surface area (Å²) in [6.45, 7) is 0.453. The second-order valence-corrected chi connectivity index (χ2v) is 3.28. The van der Waals surface area contributed by atoms with Crippen LogP contribution in [0.25, 0.3) is 0 Å². The quantitative estimate of drug-likeness (QED) is 0.729. The molecule has 1 aromatic rings. The zero-order valence-corrected chi connectivity index (χ0v) is 9.24. The number of hydrogen-bond donors (Lipinski definition) is 2. The Balaban J connectivity index is 2.47. The number of ether oxygens (including phenoxy) is 1. The molecule has 0 fully saturated rings. The van der Waals surface area contributed by atoms with Gasteiger partial charge < -0.3 is 10.1 Å². The first-order valence-electron chi connectivity index (χ1n) is 3.99. The fourth-order valence-corrected chi connectivity index (χ4v) is 1.25. The number of aromatic amines is 1. The van der Waals surface area contributed by atoms with Crippen LogP contribution in [0.4, 0.5) is 0 Å². The van der Waals surface area contributed by atoms with Gasteiger partial charge in [0.2, 0.25) is 0 Å². The van der Waals surface area contributed by atoms with Crippen LogP contribution in [0.15, 0.2) is 6.20 Å². The van der Waals surface area contributed by atoms with Crippen LogP contribution in [0, 0.1) is 0 Å². The van der Waals surface area contributed by atoms with Crippen molar-refractivity contribution in [2.75, 3.05) is 19.0 Å². The first kappa shape index (κ1) is 11.1. The van der Waals surface area contributed by atoms with Gasteiger partial charge in [-0.05, 0) is 0 Å². The van der Waals surface area contributed by atoms with Crippen LogP contribution in [0.5, 0.6) is 0 Å². The first-order chi connectivity index (χ1) is 6.77. The number of halogens is 1. The van der Waals surface area contributed by atoms with E-state index in [2.05, 4.69) is 36.7 Å². The lowest BCUT2D eigenvalue weighted by Crippen LogP contribution is -2.39. The molecule has 0 spiro atoms. The maximum absolute atomic E-state index is 11.4. The summed E-state index contributed by atoms with van der Waals surface area (Å²) >= 11 is 3.27. The van der Waals surface area contributed by atoms with Crippen molar-refractivity contribution >= 4 is 21.8 Å². The Labute approximate surface area is 89.5 Å². The number of rotatable bonds is 5. The molecular formula is C7H11BrN4O2. The van der Waals surface area contributed by atoms with Gasteiger partial charge in [-0.15, -0.1) is 0 Å². The lowest BCUT2D eigenvalue weighted by Gasteiger charge is -2.13. The number of nitrogens with one attached hydrogen (secondary N) is 2. The summed E-state index contributed by atoms with van der Waals surface area (Å²) in [7, 11) is 1.58. The van der Waals surface area contributed by atoms with Crippen LogP contribution in [0.1, 0.15) is 10.5 Å². The number of nitrogens with zero attached hydrogens (tertiary/aromatic N) is 2. The van der Waals surface area contributed by atoms with Gasteiger partial charge in [-0.25, -0.2) is 0 Å². The number of alkyl halides is 1. The summed E-state index contributed by atoms with van der Waals surface area (Å²) in [5.41, 5.74) is 0.270. The van der Waals surface area contributed by atoms with E-state index < -0.39 is 0 Å². The Hall–Kier alpha value is -0.950. The minimum absolute atomic E-state index is 0.0656. The molecule has 0 bridgehead atoms. The molecule has 78 valence electrons. The highest BCUT2D eigenvalue weighted by molar-refractivity contribution is 9.09. The Kier molecular flexibility index (Phi) is 4.54. The van der Waals surface area contributed by atoms with E-state index in [0.29, 0.717) is 11.9 Å². The van der Waals surface area contributed by atoms with Crippen LogP contribution < -0.4 is 5.32 Å². The number of carbonyl (C=O) groups excluding carboxylic acids is 1. The van der Waals surface area contributed by atoms with Crippen molar-refractivity contribution in [3.63, 3.8) is 0 Å². The van der Waals surface area contributed by atoms with Crippen LogP contribution in [-0.2, 0) is 4.74 Å². The molecule has 1 unspecified atom stereocenters. The molecule has 0 saturated heterocycles. The molecule has 7 heteroatoms. The largest absolute Gasteiger partial charge is 0.383 e. The van der Waals surface area contributed by atoms with Gasteiger partial charge in [0.05, 0.1) is 18.8 Å². The fourth-order valence-electron chi connectivity index (χ4n) is 0.896. The number of methoxy groups -OCH3 is 1. The van der Waals surface area contributed by atoms with Crippen molar-refractivity contribution in [1.29, 1.82) is 0 Å². The van der Waals surface area contributed by atoms with E-state index >= 15 is 0 Å². The van der Waals surface area contributed by atoms with E-state index in [1.54, 1.807) is 7.11 Å². The Morgan fingerprint density at radius 3 is 3.14 bits per heavy atom. The van der Waals surface area contributed by atoms with Crippen molar-refractivity contribution < 1.29 is 9.53 Å². The summed E-state index contributed by atoms with van der Waals surface area (Å²) in [5, 5.41) is 12.9. The first-order valence-corrected chi connectivity index (χ1v) is 5.11. The van der Waals surface area contributed by atoms with Gasteiger partial charge >= 0.3 is 0 Å². The highest BCUT2D eigenvalue weighted by Gasteiger charge is 2.14. The van der Waals surface area contributed by atoms with Crippen molar-refractivity contribution in [1.82, 2.24) is 20.7 Å². The lowest BCUT2D eigenvalue weighted by atomic mass is 10.3. The van der Waals surface area contributed by atoms with Crippen LogP contribution in [0.3, 0.4) is 0 Å². The third kappa shape index (κ3) is 3.08. The second-order valence-electron chi connectivity index (χ2n) is 2.64. The number of carbonyl (C=O) groups is 1. The van der Waals surface area contributed by atoms with Crippen LogP contribution in [-0.4, -0.2) is 46.4 Å². The zero-order chi connectivity index (χ0) is 10.4. The molecule has 0 aliphatic carbocycles. The van der Waals surface area contributed by atoms with Gasteiger partial charge in [0.25, 0.3) is 5.91 Å². The third-order valence-electron chi connectivity index (χ3n) is 1.54. The molecule has 0 aliphatic rings. The van der Waals surface area contributed by atoms with Gasteiger partial charge in [-0.1, -0.05) is 15.9 Å². The van der Waals surface area contributed by atoms with Crippen molar-refractivity contribution in [3.8, 4) is 0 Å². The number of H-pyrrole nitrogens is 1. The standard InChI is InChI=1S/C7H11BrN4O2/c1-14-4-5(2-8)10-7(13)6-3-9-12-11-6/h3,5H,2,4H2,1H3,(H,10,13)(H,9,11,12). The van der Waals surface area contributed by atoms with Gasteiger partial charge in [-0.3, -0.25) is 4.79 Å². The van der Waals surface area contributed by atoms with Crippen LogP contribution >= 0.6 is 15.9 Å². The van der Waals surface area contributed by atoms with E-state index in [4.69, 9.17) is 4.74 Å². The van der Waals surface area contributed by atoms with E-state index in [9.17, 15) is 4.79 Å². The minimum Gasteiger partial charge on any atom is -0.383 e. The van der Waals surface area contributed by atoms with Crippen molar-refractivity contribution in [2.24, 2.45) is 0 Å². The normalized spacial score (nSPS) is 12.4. The topological polar surface area (TPSA) is 79.9 Å². The minimum atomic E-state index is -0.264. The molecule has 1 atom stereocenters. The molecule has 1 aromatic heterocycles. The predicted octanol–water partition coefficient (Wildman–Crippen LogP) is -0.0556. The molecule has 2 N–H and O–H groups in total. The molecule has 1 amide bonds. The second kappa shape index (κ2) is 5.71. The Bertz CT molecular complexity index is 277. The monoisotopic (exact) mass is 262 g/mol. The molecule has 0 aliphatic heterocycles. The predicted molar refractivity (Wildman–Crippen MR) is 53.3 cm³/mol. The molecule has 0 saturated carbocycles. The highest BCUT2D eigenvalue weighted by Crippen LogP contribution is 1.95. The maximum Gasteiger partial charge on any atom is 0.273 e. The Morgan fingerprint density at radius 2 is 2.64 bits per heavy atom. The molecule has 0 aromatic carbocycles. The molecule has 1 rings (SSSR count). The molecule has 0 radical (unpaired) electrons. The lowest BCUT2D eigenvalue weighted by molar-refractivity contribution is 0.0903. The molecular weight excluding hydrogens is 252 g/mol. The molecule has 1 heterocycles. The maximum atomic E-state index is 11.4. The fraction of sp³-hybridized carbons (Fsp3) is 0.571. The van der Waals surface area contributed by atoms with Gasteiger partial charge in [-0.2, -0.15) is 15.4 Å².